The maximum Gasteiger partial charge on any atom is 0.410 e. The van der Waals surface area contributed by atoms with Crippen LogP contribution < -0.4 is 10.1 Å². The first-order valence-electron chi connectivity index (χ1n) is 8.83. The monoisotopic (exact) mass is 381 g/mol. The van der Waals surface area contributed by atoms with Crippen LogP contribution in [-0.4, -0.2) is 42.1 Å². The lowest BCUT2D eigenvalue weighted by atomic mass is 10.1. The van der Waals surface area contributed by atoms with E-state index >= 15 is 0 Å². The number of carboxylic acids is 1. The van der Waals surface area contributed by atoms with Gasteiger partial charge in [-0.3, -0.25) is 4.79 Å². The van der Waals surface area contributed by atoms with Crippen molar-refractivity contribution in [2.45, 2.75) is 52.9 Å². The molecule has 0 bridgehead atoms. The summed E-state index contributed by atoms with van der Waals surface area (Å²) in [6.45, 7) is 6.37. The fourth-order valence-corrected chi connectivity index (χ4v) is 2.19. The van der Waals surface area contributed by atoms with E-state index in [1.807, 2.05) is 13.0 Å². The lowest BCUT2D eigenvalue weighted by Crippen LogP contribution is -2.42. The summed E-state index contributed by atoms with van der Waals surface area (Å²) in [5.41, 5.74) is 1.03. The number of hydrogen-bond donors (Lipinski definition) is 2. The Morgan fingerprint density at radius 3 is 2.44 bits per heavy atom. The molecule has 0 aliphatic carbocycles. The molecule has 1 amide bonds. The van der Waals surface area contributed by atoms with Crippen molar-refractivity contribution in [3.63, 3.8) is 0 Å². The van der Waals surface area contributed by atoms with Crippen molar-refractivity contribution in [3.8, 4) is 5.75 Å². The number of aliphatic carboxylic acids is 1. The molecule has 150 valence electrons. The maximum atomic E-state index is 11.9. The Balaban J connectivity index is 2.64. The second-order valence-electron chi connectivity index (χ2n) is 6.35. The van der Waals surface area contributed by atoms with Gasteiger partial charge in [-0.2, -0.15) is 0 Å². The molecule has 2 N–H and O–H groups in total. The highest BCUT2D eigenvalue weighted by atomic mass is 16.7. The summed E-state index contributed by atoms with van der Waals surface area (Å²) in [4.78, 5) is 34.3. The number of carboxylic acid groups (broad SMARTS) is 1. The van der Waals surface area contributed by atoms with Crippen LogP contribution in [0.25, 0.3) is 0 Å². The molecule has 2 atom stereocenters. The van der Waals surface area contributed by atoms with E-state index in [2.05, 4.69) is 5.32 Å². The summed E-state index contributed by atoms with van der Waals surface area (Å²) in [6.07, 6.45) is -1.44. The smallest absolute Gasteiger partial charge is 0.410 e. The number of amides is 1. The number of ether oxygens (including phenoxy) is 3. The van der Waals surface area contributed by atoms with Gasteiger partial charge in [0.1, 0.15) is 5.75 Å². The number of alkyl carbamates (subject to hydrolysis) is 1. The highest BCUT2D eigenvalue weighted by molar-refractivity contribution is 5.75. The van der Waals surface area contributed by atoms with Gasteiger partial charge in [-0.1, -0.05) is 39.3 Å². The van der Waals surface area contributed by atoms with Gasteiger partial charge in [0.05, 0.1) is 6.54 Å². The van der Waals surface area contributed by atoms with Gasteiger partial charge in [-0.25, -0.2) is 9.59 Å². The zero-order chi connectivity index (χ0) is 20.4. The van der Waals surface area contributed by atoms with E-state index in [0.29, 0.717) is 5.75 Å². The molecule has 27 heavy (non-hydrogen) atoms. The van der Waals surface area contributed by atoms with Gasteiger partial charge >= 0.3 is 18.0 Å². The number of carbonyl (C=O) groups excluding carboxylic acids is 2. The molecular formula is C19H27NO7. The van der Waals surface area contributed by atoms with Gasteiger partial charge in [0.25, 0.3) is 6.29 Å². The van der Waals surface area contributed by atoms with Crippen molar-refractivity contribution in [2.24, 2.45) is 5.92 Å². The van der Waals surface area contributed by atoms with E-state index in [9.17, 15) is 19.5 Å². The molecular weight excluding hydrogens is 354 g/mol. The van der Waals surface area contributed by atoms with Gasteiger partial charge in [0.15, 0.2) is 0 Å². The fourth-order valence-electron chi connectivity index (χ4n) is 2.19. The first-order chi connectivity index (χ1) is 12.7. The standard InChI is InChI=1S/C19H27NO7/c1-5-7-14-8-6-9-15(10-14)26-16(17(22)23)11-20-19(24)27-18(12(2)3)25-13(4)21/h6,8-10,12,16,18H,5,7,11H2,1-4H3,(H,20,24)(H,22,23)/t16-,18+/m0/s1. The van der Waals surface area contributed by atoms with Crippen LogP contribution in [0.4, 0.5) is 4.79 Å². The van der Waals surface area contributed by atoms with E-state index in [1.165, 1.54) is 6.92 Å². The quantitative estimate of drug-likeness (QED) is 0.473. The predicted octanol–water partition coefficient (Wildman–Crippen LogP) is 2.74. The number of hydrogen-bond acceptors (Lipinski definition) is 6. The van der Waals surface area contributed by atoms with E-state index in [-0.39, 0.29) is 12.5 Å². The fraction of sp³-hybridized carbons (Fsp3) is 0.526. The lowest BCUT2D eigenvalue weighted by molar-refractivity contribution is -0.172. The summed E-state index contributed by atoms with van der Waals surface area (Å²) in [7, 11) is 0. The SMILES string of the molecule is CCCc1cccc(O[C@@H](CNC(=O)O[C@@H](OC(C)=O)C(C)C)C(=O)O)c1. The molecule has 1 aromatic carbocycles. The highest BCUT2D eigenvalue weighted by Crippen LogP contribution is 2.16. The molecule has 8 heteroatoms. The highest BCUT2D eigenvalue weighted by Gasteiger charge is 2.24. The zero-order valence-corrected chi connectivity index (χ0v) is 16.1. The zero-order valence-electron chi connectivity index (χ0n) is 16.1. The van der Waals surface area contributed by atoms with Crippen molar-refractivity contribution in [1.29, 1.82) is 0 Å². The van der Waals surface area contributed by atoms with Crippen LogP contribution in [-0.2, 0) is 25.5 Å². The largest absolute Gasteiger partial charge is 0.478 e. The van der Waals surface area contributed by atoms with Crippen molar-refractivity contribution in [2.75, 3.05) is 6.54 Å². The molecule has 1 rings (SSSR count). The van der Waals surface area contributed by atoms with Crippen molar-refractivity contribution in [1.82, 2.24) is 5.32 Å². The summed E-state index contributed by atoms with van der Waals surface area (Å²) in [5, 5.41) is 11.6. The van der Waals surface area contributed by atoms with Gasteiger partial charge in [0, 0.05) is 12.8 Å². The van der Waals surface area contributed by atoms with Crippen LogP contribution in [0.2, 0.25) is 0 Å². The van der Waals surface area contributed by atoms with Crippen LogP contribution in [0.3, 0.4) is 0 Å². The number of rotatable bonds is 10. The number of carbonyl (C=O) groups is 3. The first kappa shape index (κ1) is 22.3. The molecule has 0 radical (unpaired) electrons. The molecule has 0 heterocycles. The molecule has 8 nitrogen and oxygen atoms in total. The van der Waals surface area contributed by atoms with Crippen LogP contribution in [0.5, 0.6) is 5.75 Å². The molecule has 0 aliphatic heterocycles. The van der Waals surface area contributed by atoms with Crippen LogP contribution >= 0.6 is 0 Å². The molecule has 0 fully saturated rings. The molecule has 0 unspecified atom stereocenters. The minimum atomic E-state index is -1.29. The molecule has 0 saturated carbocycles. The maximum absolute atomic E-state index is 11.9. The van der Waals surface area contributed by atoms with Crippen LogP contribution in [0.15, 0.2) is 24.3 Å². The minimum absolute atomic E-state index is 0.257. The third-order valence-electron chi connectivity index (χ3n) is 3.47. The Hall–Kier alpha value is -2.77. The molecule has 0 aromatic heterocycles. The van der Waals surface area contributed by atoms with Crippen molar-refractivity contribution >= 4 is 18.0 Å². The lowest BCUT2D eigenvalue weighted by Gasteiger charge is -2.21. The summed E-state index contributed by atoms with van der Waals surface area (Å²) >= 11 is 0. The average molecular weight is 381 g/mol. The number of nitrogens with one attached hydrogen (secondary N) is 1. The Labute approximate surface area is 158 Å². The second kappa shape index (κ2) is 11.1. The third-order valence-corrected chi connectivity index (χ3v) is 3.47. The molecule has 1 aromatic rings. The summed E-state index contributed by atoms with van der Waals surface area (Å²) < 4.78 is 15.4. The Morgan fingerprint density at radius 2 is 1.89 bits per heavy atom. The number of benzene rings is 1. The summed E-state index contributed by atoms with van der Waals surface area (Å²) in [5.74, 6) is -1.66. The third kappa shape index (κ3) is 8.44. The minimum Gasteiger partial charge on any atom is -0.478 e. The Bertz CT molecular complexity index is 645. The van der Waals surface area contributed by atoms with Crippen LogP contribution in [0, 0.1) is 5.92 Å². The van der Waals surface area contributed by atoms with Gasteiger partial charge in [-0.05, 0) is 24.1 Å². The first-order valence-corrected chi connectivity index (χ1v) is 8.83. The van der Waals surface area contributed by atoms with Gasteiger partial charge < -0.3 is 24.6 Å². The normalized spacial score (nSPS) is 12.8. The van der Waals surface area contributed by atoms with Crippen LogP contribution in [0.1, 0.15) is 39.7 Å². The van der Waals surface area contributed by atoms with E-state index in [4.69, 9.17) is 14.2 Å². The summed E-state index contributed by atoms with van der Waals surface area (Å²) in [6, 6.07) is 7.15. The Morgan fingerprint density at radius 1 is 1.19 bits per heavy atom. The van der Waals surface area contributed by atoms with Crippen molar-refractivity contribution < 1.29 is 33.7 Å². The molecule has 0 spiro atoms. The Kier molecular flexibility index (Phi) is 9.12. The molecule has 0 saturated heterocycles. The van der Waals surface area contributed by atoms with E-state index in [0.717, 1.165) is 18.4 Å². The average Bonchev–Trinajstić information content (AvgIpc) is 2.58. The molecule has 0 aliphatic rings. The second-order valence-corrected chi connectivity index (χ2v) is 6.35. The topological polar surface area (TPSA) is 111 Å². The number of aryl methyl sites for hydroxylation is 1. The van der Waals surface area contributed by atoms with E-state index < -0.39 is 30.4 Å². The number of esters is 1. The van der Waals surface area contributed by atoms with Crippen molar-refractivity contribution in [3.05, 3.63) is 29.8 Å². The van der Waals surface area contributed by atoms with Gasteiger partial charge in [0.2, 0.25) is 6.10 Å². The van der Waals surface area contributed by atoms with E-state index in [1.54, 1.807) is 32.0 Å². The van der Waals surface area contributed by atoms with Gasteiger partial charge in [-0.15, -0.1) is 0 Å². The predicted molar refractivity (Wildman–Crippen MR) is 97.4 cm³/mol.